The Morgan fingerprint density at radius 2 is 1.70 bits per heavy atom. The molecule has 0 radical (unpaired) electrons. The first-order valence-corrected chi connectivity index (χ1v) is 18.2. The van der Waals surface area contributed by atoms with E-state index in [9.17, 15) is 23.9 Å². The summed E-state index contributed by atoms with van der Waals surface area (Å²) in [5.41, 5.74) is 3.86. The number of nitrogens with zero attached hydrogens (tertiary/aromatic N) is 6. The Hall–Kier alpha value is -5.92. The Kier molecular flexibility index (Phi) is 9.65. The zero-order valence-corrected chi connectivity index (χ0v) is 29.8. The van der Waals surface area contributed by atoms with E-state index in [4.69, 9.17) is 4.74 Å². The van der Waals surface area contributed by atoms with Crippen LogP contribution in [0.3, 0.4) is 0 Å². The van der Waals surface area contributed by atoms with E-state index in [1.165, 1.54) is 9.13 Å². The van der Waals surface area contributed by atoms with Gasteiger partial charge in [-0.3, -0.25) is 23.7 Å². The number of carbonyl (C=O) groups is 1. The minimum absolute atomic E-state index is 0.00177. The van der Waals surface area contributed by atoms with Crippen LogP contribution >= 0.6 is 0 Å². The van der Waals surface area contributed by atoms with E-state index in [-0.39, 0.29) is 28.7 Å². The van der Waals surface area contributed by atoms with Gasteiger partial charge in [-0.2, -0.15) is 5.10 Å². The standard InChI is InChI=1S/C41H40FN7O5/c1-46-25-36(37(45-46)26-6-3-2-4-7-26)39(51)44-30-10-12-31(13-11-30)49-40(52)35-22-29(42)23-43-38(35)48(41(49)53)32-9-5-8-27(20-32)34-15-14-33(50)21-28(34)24-47-16-18-54-19-17-47/h2-9,14-15,20-23,25,30-31,50H,10-13,16-19,24H2,1H3,(H,44,51)/t30-,31+. The zero-order chi connectivity index (χ0) is 37.3. The summed E-state index contributed by atoms with van der Waals surface area (Å²) in [4.78, 5) is 48.5. The Bertz CT molecular complexity index is 2460. The zero-order valence-electron chi connectivity index (χ0n) is 29.8. The second-order valence-corrected chi connectivity index (χ2v) is 14.0. The topological polar surface area (TPSA) is 137 Å². The van der Waals surface area contributed by atoms with Gasteiger partial charge in [-0.15, -0.1) is 0 Å². The third kappa shape index (κ3) is 6.95. The van der Waals surface area contributed by atoms with E-state index in [0.717, 1.165) is 47.6 Å². The van der Waals surface area contributed by atoms with E-state index < -0.39 is 23.1 Å². The van der Waals surface area contributed by atoms with E-state index in [2.05, 4.69) is 20.3 Å². The molecule has 0 spiro atoms. The number of phenolic OH excluding ortho intramolecular Hbond substituents is 1. The summed E-state index contributed by atoms with van der Waals surface area (Å²) in [5.74, 6) is -0.764. The fourth-order valence-electron chi connectivity index (χ4n) is 7.75. The van der Waals surface area contributed by atoms with Crippen LogP contribution in [0.5, 0.6) is 5.75 Å². The third-order valence-corrected chi connectivity index (χ3v) is 10.4. The fraction of sp³-hybridized carbons (Fsp3) is 0.293. The molecule has 3 aromatic heterocycles. The highest BCUT2D eigenvalue weighted by Crippen LogP contribution is 2.32. The summed E-state index contributed by atoms with van der Waals surface area (Å²) in [6.07, 6.45) is 4.67. The number of amides is 1. The van der Waals surface area contributed by atoms with Crippen molar-refractivity contribution in [2.24, 2.45) is 7.05 Å². The van der Waals surface area contributed by atoms with Crippen molar-refractivity contribution in [1.29, 1.82) is 0 Å². The number of rotatable bonds is 8. The van der Waals surface area contributed by atoms with Crippen molar-refractivity contribution in [2.45, 2.75) is 44.3 Å². The summed E-state index contributed by atoms with van der Waals surface area (Å²) < 4.78 is 24.4. The molecule has 54 heavy (non-hydrogen) atoms. The third-order valence-electron chi connectivity index (χ3n) is 10.4. The molecule has 1 amide bonds. The number of halogens is 1. The van der Waals surface area contributed by atoms with Gasteiger partial charge in [0, 0.05) is 50.5 Å². The molecule has 1 aliphatic carbocycles. The van der Waals surface area contributed by atoms with Gasteiger partial charge >= 0.3 is 5.69 Å². The minimum atomic E-state index is -0.682. The lowest BCUT2D eigenvalue weighted by Gasteiger charge is -2.30. The number of carbonyl (C=O) groups excluding carboxylic acids is 1. The minimum Gasteiger partial charge on any atom is -0.508 e. The summed E-state index contributed by atoms with van der Waals surface area (Å²) in [5, 5.41) is 18.0. The molecule has 0 atom stereocenters. The average molecular weight is 730 g/mol. The van der Waals surface area contributed by atoms with Crippen molar-refractivity contribution >= 4 is 16.9 Å². The number of benzene rings is 3. The van der Waals surface area contributed by atoms with Gasteiger partial charge in [0.2, 0.25) is 0 Å². The van der Waals surface area contributed by atoms with Gasteiger partial charge in [-0.1, -0.05) is 48.5 Å². The Labute approximate surface area is 310 Å². The molecule has 1 saturated carbocycles. The molecule has 0 unspecified atom stereocenters. The summed E-state index contributed by atoms with van der Waals surface area (Å²) in [7, 11) is 1.78. The van der Waals surface area contributed by atoms with Crippen LogP contribution in [0.25, 0.3) is 39.1 Å². The number of aryl methyl sites for hydroxylation is 1. The SMILES string of the molecule is Cn1cc(C(=O)N[C@H]2CC[C@@H](n3c(=O)c4cc(F)cnc4n(-c4cccc(-c5ccc(O)cc5CN5CCOCC5)c4)c3=O)CC2)c(-c2ccccc2)n1. The number of hydrogen-bond acceptors (Lipinski definition) is 8. The number of hydrogen-bond donors (Lipinski definition) is 2. The van der Waals surface area contributed by atoms with Crippen molar-refractivity contribution in [3.63, 3.8) is 0 Å². The first-order chi connectivity index (χ1) is 26.2. The van der Waals surface area contributed by atoms with E-state index in [0.29, 0.717) is 62.4 Å². The molecule has 8 rings (SSSR count). The molecule has 2 fully saturated rings. The van der Waals surface area contributed by atoms with Crippen molar-refractivity contribution in [2.75, 3.05) is 26.3 Å². The summed E-state index contributed by atoms with van der Waals surface area (Å²) >= 11 is 0. The summed E-state index contributed by atoms with van der Waals surface area (Å²) in [6, 6.07) is 22.6. The quantitative estimate of drug-likeness (QED) is 0.218. The van der Waals surface area contributed by atoms with Gasteiger partial charge in [0.1, 0.15) is 17.3 Å². The second kappa shape index (κ2) is 14.8. The van der Waals surface area contributed by atoms with E-state index in [1.54, 1.807) is 36.1 Å². The van der Waals surface area contributed by atoms with Gasteiger partial charge in [-0.25, -0.2) is 18.7 Å². The van der Waals surface area contributed by atoms with Crippen LogP contribution in [0.2, 0.25) is 0 Å². The van der Waals surface area contributed by atoms with E-state index >= 15 is 0 Å². The number of aromatic nitrogens is 5. The average Bonchev–Trinajstić information content (AvgIpc) is 3.58. The molecule has 276 valence electrons. The summed E-state index contributed by atoms with van der Waals surface area (Å²) in [6.45, 7) is 3.43. The molecule has 4 heterocycles. The molecule has 12 nitrogen and oxygen atoms in total. The molecule has 0 bridgehead atoms. The highest BCUT2D eigenvalue weighted by molar-refractivity contribution is 6.00. The molecule has 1 aliphatic heterocycles. The number of nitrogens with one attached hydrogen (secondary N) is 1. The Balaban J connectivity index is 1.09. The lowest BCUT2D eigenvalue weighted by Crippen LogP contribution is -2.45. The number of pyridine rings is 1. The van der Waals surface area contributed by atoms with Gasteiger partial charge < -0.3 is 15.2 Å². The Morgan fingerprint density at radius 1 is 0.944 bits per heavy atom. The van der Waals surface area contributed by atoms with Crippen molar-refractivity contribution in [1.82, 2.24) is 34.1 Å². The van der Waals surface area contributed by atoms with Crippen molar-refractivity contribution < 1.29 is 19.0 Å². The highest BCUT2D eigenvalue weighted by atomic mass is 19.1. The number of fused-ring (bicyclic) bond motifs is 1. The lowest BCUT2D eigenvalue weighted by atomic mass is 9.90. The van der Waals surface area contributed by atoms with Crippen LogP contribution in [-0.2, 0) is 18.3 Å². The molecule has 2 aliphatic rings. The molecular formula is C41H40FN7O5. The molecule has 1 saturated heterocycles. The first-order valence-electron chi connectivity index (χ1n) is 18.2. The van der Waals surface area contributed by atoms with Crippen LogP contribution in [-0.4, -0.2) is 72.2 Å². The number of ether oxygens (including phenoxy) is 1. The van der Waals surface area contributed by atoms with Gasteiger partial charge in [0.05, 0.1) is 36.0 Å². The maximum atomic E-state index is 14.7. The maximum Gasteiger partial charge on any atom is 0.337 e. The number of phenols is 1. The van der Waals surface area contributed by atoms with Crippen LogP contribution in [0, 0.1) is 5.82 Å². The fourth-order valence-corrected chi connectivity index (χ4v) is 7.75. The van der Waals surface area contributed by atoms with Crippen LogP contribution < -0.4 is 16.6 Å². The lowest BCUT2D eigenvalue weighted by molar-refractivity contribution is 0.0342. The Morgan fingerprint density at radius 3 is 2.48 bits per heavy atom. The van der Waals surface area contributed by atoms with Gasteiger partial charge in [-0.05, 0) is 72.7 Å². The smallest absolute Gasteiger partial charge is 0.337 e. The molecule has 2 N–H and O–H groups in total. The van der Waals surface area contributed by atoms with Crippen LogP contribution in [0.1, 0.15) is 47.6 Å². The van der Waals surface area contributed by atoms with Crippen molar-refractivity contribution in [3.05, 3.63) is 129 Å². The predicted molar refractivity (Wildman–Crippen MR) is 202 cm³/mol. The van der Waals surface area contributed by atoms with Crippen LogP contribution in [0.4, 0.5) is 4.39 Å². The van der Waals surface area contributed by atoms with Gasteiger partial charge in [0.25, 0.3) is 11.5 Å². The monoisotopic (exact) mass is 729 g/mol. The largest absolute Gasteiger partial charge is 0.508 e. The number of morpholine rings is 1. The molecule has 6 aromatic rings. The van der Waals surface area contributed by atoms with E-state index in [1.807, 2.05) is 54.6 Å². The number of aromatic hydroxyl groups is 1. The van der Waals surface area contributed by atoms with Crippen molar-refractivity contribution in [3.8, 4) is 33.8 Å². The molecule has 13 heteroatoms. The normalized spacial score (nSPS) is 17.8. The van der Waals surface area contributed by atoms with Crippen LogP contribution in [0.15, 0.2) is 101 Å². The highest BCUT2D eigenvalue weighted by Gasteiger charge is 2.29. The maximum absolute atomic E-state index is 14.7. The molecular weight excluding hydrogens is 689 g/mol. The first kappa shape index (κ1) is 35.1. The van der Waals surface area contributed by atoms with Gasteiger partial charge in [0.15, 0.2) is 5.65 Å². The predicted octanol–water partition coefficient (Wildman–Crippen LogP) is 5.21. The molecule has 3 aromatic carbocycles. The second-order valence-electron chi connectivity index (χ2n) is 14.0.